The van der Waals surface area contributed by atoms with Crippen molar-refractivity contribution in [3.63, 3.8) is 0 Å². The molecule has 0 fully saturated rings. The van der Waals surface area contributed by atoms with Crippen LogP contribution in [0, 0.1) is 6.92 Å². The molecule has 0 aliphatic rings. The maximum Gasteiger partial charge on any atom is 0.226 e. The molecule has 0 bridgehead atoms. The fourth-order valence-electron chi connectivity index (χ4n) is 2.85. The van der Waals surface area contributed by atoms with Crippen molar-refractivity contribution in [2.45, 2.75) is 25.8 Å². The summed E-state index contributed by atoms with van der Waals surface area (Å²) in [4.78, 5) is 8.73. The van der Waals surface area contributed by atoms with Crippen LogP contribution in [0.4, 0.5) is 0 Å². The summed E-state index contributed by atoms with van der Waals surface area (Å²) in [6.07, 6.45) is 2.87. The number of aliphatic imine (C=N–C) groups is 1. The Kier molecular flexibility index (Phi) is 6.89. The Labute approximate surface area is 177 Å². The molecule has 0 spiro atoms. The SMILES string of the molecule is CN=C(NCc1ccc(CS(C)(=O)=O)cc1)NCc1coc(-c2ccc(C)cc2)n1. The Balaban J connectivity index is 1.51. The molecular formula is C22H26N4O3S. The number of oxazole rings is 1. The summed E-state index contributed by atoms with van der Waals surface area (Å²) in [6.45, 7) is 3.08. The van der Waals surface area contributed by atoms with Gasteiger partial charge in [0.15, 0.2) is 15.8 Å². The Bertz CT molecular complexity index is 1100. The van der Waals surface area contributed by atoms with Crippen LogP contribution in [0.2, 0.25) is 0 Å². The largest absolute Gasteiger partial charge is 0.444 e. The molecule has 0 unspecified atom stereocenters. The van der Waals surface area contributed by atoms with Gasteiger partial charge in [0.05, 0.1) is 18.0 Å². The van der Waals surface area contributed by atoms with Crippen LogP contribution in [0.15, 0.2) is 64.2 Å². The molecule has 0 aliphatic carbocycles. The third kappa shape index (κ3) is 6.45. The lowest BCUT2D eigenvalue weighted by molar-refractivity contribution is 0.572. The molecule has 1 aromatic heterocycles. The topological polar surface area (TPSA) is 96.6 Å². The first-order valence-electron chi connectivity index (χ1n) is 9.54. The first-order chi connectivity index (χ1) is 14.3. The molecule has 1 heterocycles. The fourth-order valence-corrected chi connectivity index (χ4v) is 3.65. The average Bonchev–Trinajstić information content (AvgIpc) is 3.18. The summed E-state index contributed by atoms with van der Waals surface area (Å²) in [5.74, 6) is 1.27. The van der Waals surface area contributed by atoms with Crippen molar-refractivity contribution in [1.29, 1.82) is 0 Å². The van der Waals surface area contributed by atoms with Crippen molar-refractivity contribution in [1.82, 2.24) is 15.6 Å². The number of aryl methyl sites for hydroxylation is 1. The lowest BCUT2D eigenvalue weighted by Gasteiger charge is -2.11. The normalized spacial score (nSPS) is 12.0. The van der Waals surface area contributed by atoms with Crippen molar-refractivity contribution in [2.24, 2.45) is 4.99 Å². The number of hydrogen-bond donors (Lipinski definition) is 2. The summed E-state index contributed by atoms with van der Waals surface area (Å²) < 4.78 is 28.3. The van der Waals surface area contributed by atoms with Gasteiger partial charge in [-0.2, -0.15) is 0 Å². The van der Waals surface area contributed by atoms with E-state index >= 15 is 0 Å². The van der Waals surface area contributed by atoms with Crippen LogP contribution in [-0.4, -0.2) is 32.7 Å². The lowest BCUT2D eigenvalue weighted by atomic mass is 10.1. The first kappa shape index (κ1) is 21.6. The molecule has 0 saturated carbocycles. The van der Waals surface area contributed by atoms with E-state index in [9.17, 15) is 8.42 Å². The molecule has 8 heteroatoms. The molecule has 0 radical (unpaired) electrons. The monoisotopic (exact) mass is 426 g/mol. The van der Waals surface area contributed by atoms with Crippen LogP contribution in [-0.2, 0) is 28.7 Å². The molecule has 0 saturated heterocycles. The molecule has 0 atom stereocenters. The third-order valence-corrected chi connectivity index (χ3v) is 5.28. The fraction of sp³-hybridized carbons (Fsp3) is 0.273. The molecule has 158 valence electrons. The minimum absolute atomic E-state index is 0.0478. The number of nitrogens with zero attached hydrogens (tertiary/aromatic N) is 2. The molecule has 7 nitrogen and oxygen atoms in total. The number of rotatable bonds is 7. The minimum atomic E-state index is -3.03. The maximum atomic E-state index is 11.4. The second kappa shape index (κ2) is 9.58. The third-order valence-electron chi connectivity index (χ3n) is 4.42. The second-order valence-corrected chi connectivity index (χ2v) is 9.32. The Morgan fingerprint density at radius 1 is 1.00 bits per heavy atom. The van der Waals surface area contributed by atoms with Gasteiger partial charge >= 0.3 is 0 Å². The Morgan fingerprint density at radius 2 is 1.63 bits per heavy atom. The molecule has 2 N–H and O–H groups in total. The predicted octanol–water partition coefficient (Wildman–Crippen LogP) is 3.06. The quantitative estimate of drug-likeness (QED) is 0.445. The van der Waals surface area contributed by atoms with Crippen LogP contribution in [0.3, 0.4) is 0 Å². The molecule has 3 aromatic rings. The molecule has 0 amide bonds. The number of nitrogens with one attached hydrogen (secondary N) is 2. The van der Waals surface area contributed by atoms with Crippen LogP contribution < -0.4 is 10.6 Å². The summed E-state index contributed by atoms with van der Waals surface area (Å²) in [5, 5.41) is 6.44. The van der Waals surface area contributed by atoms with E-state index in [2.05, 4.69) is 20.6 Å². The van der Waals surface area contributed by atoms with Gasteiger partial charge in [0.1, 0.15) is 6.26 Å². The summed E-state index contributed by atoms with van der Waals surface area (Å²) in [5.41, 5.74) is 4.71. The van der Waals surface area contributed by atoms with Crippen molar-refractivity contribution in [3.8, 4) is 11.5 Å². The van der Waals surface area contributed by atoms with Crippen molar-refractivity contribution >= 4 is 15.8 Å². The smallest absolute Gasteiger partial charge is 0.226 e. The number of hydrogen-bond acceptors (Lipinski definition) is 5. The number of aromatic nitrogens is 1. The zero-order valence-electron chi connectivity index (χ0n) is 17.3. The molecular weight excluding hydrogens is 400 g/mol. The van der Waals surface area contributed by atoms with E-state index in [1.807, 2.05) is 55.5 Å². The highest BCUT2D eigenvalue weighted by Gasteiger charge is 2.08. The molecule has 2 aromatic carbocycles. The van der Waals surface area contributed by atoms with Gasteiger partial charge in [0, 0.05) is 25.4 Å². The zero-order chi connectivity index (χ0) is 21.6. The van der Waals surface area contributed by atoms with Gasteiger partial charge < -0.3 is 15.1 Å². The van der Waals surface area contributed by atoms with Gasteiger partial charge in [0.2, 0.25) is 5.89 Å². The van der Waals surface area contributed by atoms with E-state index in [0.29, 0.717) is 24.9 Å². The highest BCUT2D eigenvalue weighted by molar-refractivity contribution is 7.89. The van der Waals surface area contributed by atoms with Crippen LogP contribution in [0.1, 0.15) is 22.4 Å². The van der Waals surface area contributed by atoms with E-state index in [-0.39, 0.29) is 5.75 Å². The molecule has 3 rings (SSSR count). The van der Waals surface area contributed by atoms with Gasteiger partial charge in [-0.25, -0.2) is 13.4 Å². The van der Waals surface area contributed by atoms with Crippen molar-refractivity contribution in [2.75, 3.05) is 13.3 Å². The summed E-state index contributed by atoms with van der Waals surface area (Å²) >= 11 is 0. The number of sulfone groups is 1. The van der Waals surface area contributed by atoms with Crippen molar-refractivity contribution in [3.05, 3.63) is 77.2 Å². The van der Waals surface area contributed by atoms with Crippen LogP contribution in [0.25, 0.3) is 11.5 Å². The van der Waals surface area contributed by atoms with E-state index in [1.54, 1.807) is 13.3 Å². The zero-order valence-corrected chi connectivity index (χ0v) is 18.2. The van der Waals surface area contributed by atoms with Gasteiger partial charge in [-0.05, 0) is 30.2 Å². The second-order valence-electron chi connectivity index (χ2n) is 7.18. The summed E-state index contributed by atoms with van der Waals surface area (Å²) in [7, 11) is -1.33. The predicted molar refractivity (Wildman–Crippen MR) is 119 cm³/mol. The number of guanidine groups is 1. The summed E-state index contributed by atoms with van der Waals surface area (Å²) in [6, 6.07) is 15.5. The van der Waals surface area contributed by atoms with Crippen LogP contribution in [0.5, 0.6) is 0 Å². The highest BCUT2D eigenvalue weighted by Crippen LogP contribution is 2.19. The Hall–Kier alpha value is -3.13. The van der Waals surface area contributed by atoms with Gasteiger partial charge in [-0.3, -0.25) is 4.99 Å². The van der Waals surface area contributed by atoms with Crippen molar-refractivity contribution < 1.29 is 12.8 Å². The first-order valence-corrected chi connectivity index (χ1v) is 11.6. The van der Waals surface area contributed by atoms with E-state index in [1.165, 1.54) is 11.8 Å². The minimum Gasteiger partial charge on any atom is -0.444 e. The van der Waals surface area contributed by atoms with E-state index in [0.717, 1.165) is 22.4 Å². The van der Waals surface area contributed by atoms with E-state index < -0.39 is 9.84 Å². The Morgan fingerprint density at radius 3 is 2.27 bits per heavy atom. The number of benzene rings is 2. The molecule has 30 heavy (non-hydrogen) atoms. The highest BCUT2D eigenvalue weighted by atomic mass is 32.2. The standard InChI is InChI=1S/C22H26N4O3S/c1-16-4-10-19(11-5-16)21-26-20(14-29-21)13-25-22(23-2)24-12-17-6-8-18(9-7-17)15-30(3,27)28/h4-11,14H,12-13,15H2,1-3H3,(H2,23,24,25). The maximum absolute atomic E-state index is 11.4. The van der Waals surface area contributed by atoms with Gasteiger partial charge in [-0.1, -0.05) is 42.0 Å². The molecule has 0 aliphatic heterocycles. The lowest BCUT2D eigenvalue weighted by Crippen LogP contribution is -2.36. The van der Waals surface area contributed by atoms with E-state index in [4.69, 9.17) is 4.42 Å². The van der Waals surface area contributed by atoms with Crippen LogP contribution >= 0.6 is 0 Å². The van der Waals surface area contributed by atoms with Gasteiger partial charge in [-0.15, -0.1) is 0 Å². The average molecular weight is 427 g/mol. The van der Waals surface area contributed by atoms with Gasteiger partial charge in [0.25, 0.3) is 0 Å².